The van der Waals surface area contributed by atoms with Crippen LogP contribution in [0.15, 0.2) is 12.3 Å². The monoisotopic (exact) mass is 265 g/mol. The largest absolute Gasteiger partial charge is 0.394 e. The lowest BCUT2D eigenvalue weighted by Crippen LogP contribution is -2.48. The number of nitrogens with zero attached hydrogens (tertiary/aromatic N) is 2. The Bertz CT molecular complexity index is 425. The SMILES string of the molecule is CNCc1cnc(N2CC(C)OC(CO)C2)c(C)c1. The number of rotatable bonds is 4. The Morgan fingerprint density at radius 1 is 1.53 bits per heavy atom. The summed E-state index contributed by atoms with van der Waals surface area (Å²) in [6, 6.07) is 2.16. The minimum absolute atomic E-state index is 0.0533. The Morgan fingerprint density at radius 3 is 2.95 bits per heavy atom. The molecule has 0 spiro atoms. The number of aryl methyl sites for hydroxylation is 1. The van der Waals surface area contributed by atoms with E-state index in [9.17, 15) is 5.11 Å². The minimum Gasteiger partial charge on any atom is -0.394 e. The Morgan fingerprint density at radius 2 is 2.32 bits per heavy atom. The van der Waals surface area contributed by atoms with Gasteiger partial charge in [-0.05, 0) is 38.1 Å². The van der Waals surface area contributed by atoms with E-state index < -0.39 is 0 Å². The van der Waals surface area contributed by atoms with Crippen molar-refractivity contribution in [3.8, 4) is 0 Å². The van der Waals surface area contributed by atoms with Crippen molar-refractivity contribution in [2.75, 3.05) is 31.6 Å². The van der Waals surface area contributed by atoms with E-state index in [1.165, 1.54) is 11.1 Å². The maximum absolute atomic E-state index is 9.28. The number of hydrogen-bond donors (Lipinski definition) is 2. The van der Waals surface area contributed by atoms with E-state index in [1.807, 2.05) is 20.2 Å². The number of anilines is 1. The van der Waals surface area contributed by atoms with Crippen LogP contribution in [0.4, 0.5) is 5.82 Å². The van der Waals surface area contributed by atoms with Crippen LogP contribution in [0.3, 0.4) is 0 Å². The standard InChI is InChI=1S/C14H23N3O2/c1-10-4-12(5-15-3)6-16-14(10)17-7-11(2)19-13(8-17)9-18/h4,6,11,13,15,18H,5,7-9H2,1-3H3. The predicted molar refractivity (Wildman–Crippen MR) is 75.4 cm³/mol. The van der Waals surface area contributed by atoms with Gasteiger partial charge in [0.1, 0.15) is 5.82 Å². The fourth-order valence-corrected chi connectivity index (χ4v) is 2.58. The van der Waals surface area contributed by atoms with Crippen LogP contribution in [-0.4, -0.2) is 49.0 Å². The molecule has 106 valence electrons. The second-order valence-corrected chi connectivity index (χ2v) is 5.17. The topological polar surface area (TPSA) is 57.6 Å². The van der Waals surface area contributed by atoms with Crippen LogP contribution in [0, 0.1) is 6.92 Å². The van der Waals surface area contributed by atoms with Crippen LogP contribution in [0.25, 0.3) is 0 Å². The van der Waals surface area contributed by atoms with E-state index >= 15 is 0 Å². The van der Waals surface area contributed by atoms with Crippen molar-refractivity contribution >= 4 is 5.82 Å². The van der Waals surface area contributed by atoms with Crippen LogP contribution in [0.2, 0.25) is 0 Å². The summed E-state index contributed by atoms with van der Waals surface area (Å²) < 4.78 is 5.66. The zero-order valence-electron chi connectivity index (χ0n) is 11.9. The molecule has 2 rings (SSSR count). The first kappa shape index (κ1) is 14.2. The molecule has 0 radical (unpaired) electrons. The van der Waals surface area contributed by atoms with Crippen molar-refractivity contribution < 1.29 is 9.84 Å². The number of ether oxygens (including phenoxy) is 1. The summed E-state index contributed by atoms with van der Waals surface area (Å²) in [5, 5.41) is 12.4. The fourth-order valence-electron chi connectivity index (χ4n) is 2.58. The first-order valence-electron chi connectivity index (χ1n) is 6.75. The van der Waals surface area contributed by atoms with Gasteiger partial charge >= 0.3 is 0 Å². The number of hydrogen-bond acceptors (Lipinski definition) is 5. The quantitative estimate of drug-likeness (QED) is 0.839. The van der Waals surface area contributed by atoms with Crippen LogP contribution in [-0.2, 0) is 11.3 Å². The van der Waals surface area contributed by atoms with Crippen molar-refractivity contribution in [2.45, 2.75) is 32.6 Å². The molecule has 1 aliphatic rings. The molecule has 5 nitrogen and oxygen atoms in total. The number of nitrogens with one attached hydrogen (secondary N) is 1. The second kappa shape index (κ2) is 6.32. The van der Waals surface area contributed by atoms with Gasteiger partial charge in [-0.2, -0.15) is 0 Å². The maximum Gasteiger partial charge on any atom is 0.131 e. The summed E-state index contributed by atoms with van der Waals surface area (Å²) in [5.41, 5.74) is 2.35. The van der Waals surface area contributed by atoms with Crippen molar-refractivity contribution in [1.29, 1.82) is 0 Å². The van der Waals surface area contributed by atoms with E-state index in [1.54, 1.807) is 0 Å². The zero-order valence-corrected chi connectivity index (χ0v) is 11.9. The van der Waals surface area contributed by atoms with Crippen LogP contribution < -0.4 is 10.2 Å². The molecule has 1 saturated heterocycles. The van der Waals surface area contributed by atoms with Crippen molar-refractivity contribution in [2.24, 2.45) is 0 Å². The third-order valence-corrected chi connectivity index (χ3v) is 3.32. The van der Waals surface area contributed by atoms with Crippen LogP contribution in [0.5, 0.6) is 0 Å². The van der Waals surface area contributed by atoms with Gasteiger partial charge in [0, 0.05) is 25.8 Å². The number of morpholine rings is 1. The van der Waals surface area contributed by atoms with Gasteiger partial charge in [-0.15, -0.1) is 0 Å². The van der Waals surface area contributed by atoms with Gasteiger partial charge in [-0.1, -0.05) is 0 Å². The van der Waals surface area contributed by atoms with Gasteiger partial charge in [0.15, 0.2) is 0 Å². The molecule has 1 fully saturated rings. The molecule has 2 unspecified atom stereocenters. The zero-order chi connectivity index (χ0) is 13.8. The lowest BCUT2D eigenvalue weighted by Gasteiger charge is -2.37. The summed E-state index contributed by atoms with van der Waals surface area (Å²) in [5.74, 6) is 0.994. The molecule has 0 aliphatic carbocycles. The molecule has 19 heavy (non-hydrogen) atoms. The van der Waals surface area contributed by atoms with Gasteiger partial charge in [0.05, 0.1) is 18.8 Å². The molecule has 0 saturated carbocycles. The normalized spacial score (nSPS) is 23.7. The van der Waals surface area contributed by atoms with Gasteiger partial charge < -0.3 is 20.1 Å². The third kappa shape index (κ3) is 3.43. The molecule has 0 bridgehead atoms. The summed E-state index contributed by atoms with van der Waals surface area (Å²) in [6.07, 6.45) is 1.90. The van der Waals surface area contributed by atoms with Gasteiger partial charge in [-0.3, -0.25) is 0 Å². The summed E-state index contributed by atoms with van der Waals surface area (Å²) in [7, 11) is 1.93. The summed E-state index contributed by atoms with van der Waals surface area (Å²) in [6.45, 7) is 6.50. The molecule has 5 heteroatoms. The molecular weight excluding hydrogens is 242 g/mol. The molecule has 2 atom stereocenters. The highest BCUT2D eigenvalue weighted by Crippen LogP contribution is 2.22. The second-order valence-electron chi connectivity index (χ2n) is 5.17. The predicted octanol–water partition coefficient (Wildman–Crippen LogP) is 0.695. The molecule has 2 heterocycles. The molecule has 0 amide bonds. The average molecular weight is 265 g/mol. The average Bonchev–Trinajstić information content (AvgIpc) is 2.38. The molecule has 1 aromatic heterocycles. The van der Waals surface area contributed by atoms with E-state index in [0.717, 1.165) is 18.9 Å². The van der Waals surface area contributed by atoms with Crippen LogP contribution >= 0.6 is 0 Å². The molecule has 2 N–H and O–H groups in total. The fraction of sp³-hybridized carbons (Fsp3) is 0.643. The molecular formula is C14H23N3O2. The van der Waals surface area contributed by atoms with E-state index in [-0.39, 0.29) is 18.8 Å². The van der Waals surface area contributed by atoms with E-state index in [0.29, 0.717) is 6.54 Å². The smallest absolute Gasteiger partial charge is 0.131 e. The highest BCUT2D eigenvalue weighted by atomic mass is 16.5. The third-order valence-electron chi connectivity index (χ3n) is 3.32. The van der Waals surface area contributed by atoms with Crippen LogP contribution in [0.1, 0.15) is 18.1 Å². The van der Waals surface area contributed by atoms with Gasteiger partial charge in [0.25, 0.3) is 0 Å². The first-order chi connectivity index (χ1) is 9.13. The summed E-state index contributed by atoms with van der Waals surface area (Å²) >= 11 is 0. The molecule has 1 aliphatic heterocycles. The van der Waals surface area contributed by atoms with E-state index in [2.05, 4.69) is 28.2 Å². The summed E-state index contributed by atoms with van der Waals surface area (Å²) in [4.78, 5) is 6.77. The Balaban J connectivity index is 2.16. The van der Waals surface area contributed by atoms with Gasteiger partial charge in [-0.25, -0.2) is 4.98 Å². The molecule has 1 aromatic rings. The highest BCUT2D eigenvalue weighted by Gasteiger charge is 2.26. The van der Waals surface area contributed by atoms with Crippen molar-refractivity contribution in [3.63, 3.8) is 0 Å². The number of aliphatic hydroxyl groups is 1. The Kier molecular flexibility index (Phi) is 4.74. The van der Waals surface area contributed by atoms with Crippen molar-refractivity contribution in [1.82, 2.24) is 10.3 Å². The highest BCUT2D eigenvalue weighted by molar-refractivity contribution is 5.48. The van der Waals surface area contributed by atoms with Crippen molar-refractivity contribution in [3.05, 3.63) is 23.4 Å². The molecule has 0 aromatic carbocycles. The van der Waals surface area contributed by atoms with E-state index in [4.69, 9.17) is 4.74 Å². The lowest BCUT2D eigenvalue weighted by atomic mass is 10.1. The van der Waals surface area contributed by atoms with Gasteiger partial charge in [0.2, 0.25) is 0 Å². The lowest BCUT2D eigenvalue weighted by molar-refractivity contribution is -0.0423. The number of pyridine rings is 1. The minimum atomic E-state index is -0.123. The first-order valence-corrected chi connectivity index (χ1v) is 6.75. The number of aliphatic hydroxyl groups excluding tert-OH is 1. The Labute approximate surface area is 114 Å². The Hall–Kier alpha value is -1.17. The number of aromatic nitrogens is 1. The maximum atomic E-state index is 9.28.